The van der Waals surface area contributed by atoms with Gasteiger partial charge in [0.15, 0.2) is 0 Å². The first-order valence-electron chi connectivity index (χ1n) is 7.86. The average Bonchev–Trinajstić information content (AvgIpc) is 3.06. The van der Waals surface area contributed by atoms with Crippen molar-refractivity contribution in [2.45, 2.75) is 26.1 Å². The summed E-state index contributed by atoms with van der Waals surface area (Å²) in [6.45, 7) is 4.00. The summed E-state index contributed by atoms with van der Waals surface area (Å²) in [4.78, 5) is 0. The number of hydrogen-bond donors (Lipinski definition) is 0. The van der Waals surface area contributed by atoms with Crippen molar-refractivity contribution in [3.05, 3.63) is 59.7 Å². The van der Waals surface area contributed by atoms with Crippen molar-refractivity contribution in [1.29, 1.82) is 0 Å². The van der Waals surface area contributed by atoms with Gasteiger partial charge in [0.05, 0.1) is 11.6 Å². The summed E-state index contributed by atoms with van der Waals surface area (Å²) in [5, 5.41) is 1.41. The van der Waals surface area contributed by atoms with E-state index in [1.54, 1.807) is 0 Å². The number of benzene rings is 2. The van der Waals surface area contributed by atoms with Crippen molar-refractivity contribution in [3.63, 3.8) is 0 Å². The van der Waals surface area contributed by atoms with E-state index >= 15 is 0 Å². The molecule has 1 aliphatic carbocycles. The minimum Gasteiger partial charge on any atom is -0.331 e. The summed E-state index contributed by atoms with van der Waals surface area (Å²) < 4.78 is 2.48. The molecule has 4 rings (SSSR count). The van der Waals surface area contributed by atoms with Gasteiger partial charge < -0.3 is 4.57 Å². The van der Waals surface area contributed by atoms with Crippen LogP contribution >= 0.6 is 10.5 Å². The largest absolute Gasteiger partial charge is 0.331 e. The Morgan fingerprint density at radius 3 is 2.50 bits per heavy atom. The zero-order valence-corrected chi connectivity index (χ0v) is 14.4. The van der Waals surface area contributed by atoms with E-state index in [0.29, 0.717) is 0 Å². The molecule has 1 aromatic heterocycles. The third-order valence-electron chi connectivity index (χ3n) is 4.06. The molecule has 0 radical (unpaired) electrons. The molecule has 2 aromatic carbocycles. The Labute approximate surface area is 135 Å². The second-order valence-electron chi connectivity index (χ2n) is 5.52. The smallest absolute Gasteiger partial charge is 0.0632 e. The van der Waals surface area contributed by atoms with Crippen molar-refractivity contribution >= 4 is 27.3 Å². The minimum atomic E-state index is 0.143. The lowest BCUT2D eigenvalue weighted by Crippen LogP contribution is -1.97. The van der Waals surface area contributed by atoms with Gasteiger partial charge in [-0.3, -0.25) is 0 Å². The number of rotatable bonds is 2. The maximum Gasteiger partial charge on any atom is 0.0632 e. The average molecular weight is 309 g/mol. The van der Waals surface area contributed by atoms with Gasteiger partial charge in [0.25, 0.3) is 0 Å². The van der Waals surface area contributed by atoms with E-state index in [9.17, 15) is 0 Å². The fourth-order valence-electron chi connectivity index (χ4n) is 3.31. The molecule has 3 aromatic rings. The van der Waals surface area contributed by atoms with Crippen molar-refractivity contribution in [2.75, 3.05) is 6.26 Å². The standard InChI is InChI=1S/C18H17NS.C2H6/c1-20(2)12-19-17-10-6-5-9-15(17)16-11-13-7-3-4-8-14(13)18(16)19;1-2/h3-10H,1,11-12H2,2H3;1-2H3. The first-order valence-corrected chi connectivity index (χ1v) is 9.83. The topological polar surface area (TPSA) is 4.93 Å². The molecule has 1 aliphatic rings. The molecule has 0 saturated heterocycles. The van der Waals surface area contributed by atoms with E-state index in [-0.39, 0.29) is 10.5 Å². The Morgan fingerprint density at radius 2 is 1.73 bits per heavy atom. The van der Waals surface area contributed by atoms with Crippen LogP contribution in [0.5, 0.6) is 0 Å². The van der Waals surface area contributed by atoms with Gasteiger partial charge in [-0.15, -0.1) is 0 Å². The highest BCUT2D eigenvalue weighted by Crippen LogP contribution is 2.43. The molecule has 114 valence electrons. The lowest BCUT2D eigenvalue weighted by atomic mass is 10.1. The van der Waals surface area contributed by atoms with Crippen LogP contribution in [0.3, 0.4) is 0 Å². The summed E-state index contributed by atoms with van der Waals surface area (Å²) in [7, 11) is 0.143. The predicted octanol–water partition coefficient (Wildman–Crippen LogP) is 5.53. The number of hydrogen-bond acceptors (Lipinski definition) is 0. The van der Waals surface area contributed by atoms with Crippen molar-refractivity contribution in [3.8, 4) is 11.3 Å². The van der Waals surface area contributed by atoms with Gasteiger partial charge >= 0.3 is 0 Å². The number of aromatic nitrogens is 1. The number of nitrogens with zero attached hydrogens (tertiary/aromatic N) is 1. The van der Waals surface area contributed by atoms with Crippen LogP contribution in [0.2, 0.25) is 0 Å². The molecule has 1 nitrogen and oxygen atoms in total. The fraction of sp³-hybridized carbons (Fsp3) is 0.250. The molecular formula is C20H23NS. The normalized spacial score (nSPS) is 13.2. The maximum atomic E-state index is 4.21. The highest BCUT2D eigenvalue weighted by Gasteiger charge is 2.25. The zero-order valence-electron chi connectivity index (χ0n) is 13.6. The highest BCUT2D eigenvalue weighted by atomic mass is 32.2. The summed E-state index contributed by atoms with van der Waals surface area (Å²) in [6.07, 6.45) is 3.27. The molecule has 0 aliphatic heterocycles. The molecule has 0 bridgehead atoms. The molecule has 0 fully saturated rings. The van der Waals surface area contributed by atoms with E-state index in [4.69, 9.17) is 0 Å². The van der Waals surface area contributed by atoms with Gasteiger partial charge in [0.2, 0.25) is 0 Å². The van der Waals surface area contributed by atoms with Crippen LogP contribution in [0.15, 0.2) is 48.5 Å². The fourth-order valence-corrected chi connectivity index (χ4v) is 4.02. The molecule has 1 unspecified atom stereocenters. The predicted molar refractivity (Wildman–Crippen MR) is 102 cm³/mol. The molecule has 22 heavy (non-hydrogen) atoms. The summed E-state index contributed by atoms with van der Waals surface area (Å²) >= 11 is 0. The highest BCUT2D eigenvalue weighted by molar-refractivity contribution is 8.12. The van der Waals surface area contributed by atoms with Crippen LogP contribution < -0.4 is 0 Å². The molecule has 0 N–H and O–H groups in total. The van der Waals surface area contributed by atoms with Gasteiger partial charge in [-0.05, 0) is 23.4 Å². The van der Waals surface area contributed by atoms with E-state index < -0.39 is 0 Å². The molecule has 0 saturated carbocycles. The Morgan fingerprint density at radius 1 is 1.05 bits per heavy atom. The van der Waals surface area contributed by atoms with E-state index in [0.717, 1.165) is 12.3 Å². The maximum absolute atomic E-state index is 4.21. The van der Waals surface area contributed by atoms with Crippen molar-refractivity contribution in [2.24, 2.45) is 0 Å². The van der Waals surface area contributed by atoms with Gasteiger partial charge in [-0.25, -0.2) is 0 Å². The van der Waals surface area contributed by atoms with Crippen LogP contribution in [-0.2, 0) is 12.3 Å². The van der Waals surface area contributed by atoms with Crippen LogP contribution in [0.4, 0.5) is 0 Å². The quantitative estimate of drug-likeness (QED) is 0.429. The van der Waals surface area contributed by atoms with Crippen LogP contribution in [0, 0.1) is 0 Å². The van der Waals surface area contributed by atoms with Gasteiger partial charge in [0.1, 0.15) is 0 Å². The minimum absolute atomic E-state index is 0.143. The van der Waals surface area contributed by atoms with Crippen LogP contribution in [0.25, 0.3) is 22.2 Å². The number of fused-ring (bicyclic) bond motifs is 5. The second kappa shape index (κ2) is 6.13. The lowest BCUT2D eigenvalue weighted by molar-refractivity contribution is 0.952. The molecule has 0 amide bonds. The lowest BCUT2D eigenvalue weighted by Gasteiger charge is -2.11. The molecule has 2 heteroatoms. The molecule has 1 atom stereocenters. The Kier molecular flexibility index (Phi) is 4.21. The first kappa shape index (κ1) is 15.1. The number of para-hydroxylation sites is 1. The third-order valence-corrected chi connectivity index (χ3v) is 4.76. The summed E-state index contributed by atoms with van der Waals surface area (Å²) in [5.41, 5.74) is 7.13. The van der Waals surface area contributed by atoms with Gasteiger partial charge in [-0.2, -0.15) is 10.5 Å². The Hall–Kier alpha value is -1.80. The molecule has 0 spiro atoms. The SMILES string of the molecule is C=S(C)Cn1c2c(c3ccccc31)Cc1ccccc1-2.CC. The second-order valence-corrected chi connectivity index (χ2v) is 7.34. The van der Waals surface area contributed by atoms with E-state index in [2.05, 4.69) is 65.2 Å². The third kappa shape index (κ3) is 2.32. The molecular weight excluding hydrogens is 286 g/mol. The monoisotopic (exact) mass is 309 g/mol. The van der Waals surface area contributed by atoms with Gasteiger partial charge in [0, 0.05) is 22.9 Å². The Bertz CT molecular complexity index is 842. The van der Waals surface area contributed by atoms with Crippen molar-refractivity contribution < 1.29 is 0 Å². The Balaban J connectivity index is 0.000000693. The zero-order chi connectivity index (χ0) is 15.7. The van der Waals surface area contributed by atoms with E-state index in [1.807, 2.05) is 13.8 Å². The van der Waals surface area contributed by atoms with E-state index in [1.165, 1.54) is 33.3 Å². The van der Waals surface area contributed by atoms with Crippen LogP contribution in [0.1, 0.15) is 25.0 Å². The summed E-state index contributed by atoms with van der Waals surface area (Å²) in [6, 6.07) is 17.6. The molecule has 1 heterocycles. The van der Waals surface area contributed by atoms with Crippen LogP contribution in [-0.4, -0.2) is 16.7 Å². The van der Waals surface area contributed by atoms with Gasteiger partial charge in [-0.1, -0.05) is 62.2 Å². The van der Waals surface area contributed by atoms with Crippen molar-refractivity contribution in [1.82, 2.24) is 4.57 Å². The summed E-state index contributed by atoms with van der Waals surface area (Å²) in [5.74, 6) is 5.21. The first-order chi connectivity index (χ1) is 10.8.